The monoisotopic (exact) mass is 356 g/mol. The Hall–Kier alpha value is -2.86. The van der Waals surface area contributed by atoms with Crippen molar-refractivity contribution < 1.29 is 19.8 Å². The molecule has 0 aliphatic carbocycles. The van der Waals surface area contributed by atoms with Gasteiger partial charge in [-0.3, -0.25) is 0 Å². The first-order valence-corrected chi connectivity index (χ1v) is 8.70. The number of rotatable bonds is 6. The fourth-order valence-corrected chi connectivity index (χ4v) is 2.73. The van der Waals surface area contributed by atoms with Crippen LogP contribution in [-0.2, 0) is 4.84 Å². The summed E-state index contributed by atoms with van der Waals surface area (Å²) in [6.07, 6.45) is 1.87. The smallest absolute Gasteiger partial charge is 0.159 e. The Morgan fingerprint density at radius 1 is 1.19 bits per heavy atom. The van der Waals surface area contributed by atoms with Gasteiger partial charge in [0.2, 0.25) is 0 Å². The fourth-order valence-electron chi connectivity index (χ4n) is 2.73. The summed E-state index contributed by atoms with van der Waals surface area (Å²) in [5, 5.41) is 25.3. The summed E-state index contributed by atoms with van der Waals surface area (Å²) in [4.78, 5) is 5.72. The van der Waals surface area contributed by atoms with E-state index in [-0.39, 0.29) is 11.5 Å². The molecule has 26 heavy (non-hydrogen) atoms. The number of hydroxylamine groups is 2. The molecule has 2 aromatic rings. The summed E-state index contributed by atoms with van der Waals surface area (Å²) in [5.74, 6) is 1.26. The molecule has 0 aromatic heterocycles. The van der Waals surface area contributed by atoms with Gasteiger partial charge in [0.15, 0.2) is 5.76 Å². The molecule has 0 unspecified atom stereocenters. The van der Waals surface area contributed by atoms with Gasteiger partial charge in [-0.2, -0.15) is 0 Å². The maximum absolute atomic E-state index is 10.3. The Morgan fingerprint density at radius 3 is 2.54 bits per heavy atom. The molecule has 2 aromatic carbocycles. The van der Waals surface area contributed by atoms with Gasteiger partial charge in [0.25, 0.3) is 0 Å². The van der Waals surface area contributed by atoms with Crippen LogP contribution < -0.4 is 10.1 Å². The third-order valence-corrected chi connectivity index (χ3v) is 3.91. The highest BCUT2D eigenvalue weighted by Gasteiger charge is 2.24. The van der Waals surface area contributed by atoms with E-state index < -0.39 is 0 Å². The molecule has 0 saturated carbocycles. The van der Waals surface area contributed by atoms with Crippen molar-refractivity contribution in [3.63, 3.8) is 0 Å². The minimum atomic E-state index is -0.0951. The van der Waals surface area contributed by atoms with Crippen LogP contribution in [0.2, 0.25) is 0 Å². The van der Waals surface area contributed by atoms with Crippen LogP contribution in [0.25, 0.3) is 5.76 Å². The summed E-state index contributed by atoms with van der Waals surface area (Å²) < 4.78 is 5.93. The van der Waals surface area contributed by atoms with Crippen molar-refractivity contribution in [3.05, 3.63) is 48.0 Å². The van der Waals surface area contributed by atoms with Crippen molar-refractivity contribution >= 4 is 11.4 Å². The number of likely N-dealkylation sites (N-methyl/N-ethyl adjacent to an activating group) is 1. The summed E-state index contributed by atoms with van der Waals surface area (Å²) in [7, 11) is 0. The lowest BCUT2D eigenvalue weighted by molar-refractivity contribution is -0.0562. The van der Waals surface area contributed by atoms with Gasteiger partial charge in [-0.15, -0.1) is 5.06 Å². The molecule has 0 spiro atoms. The van der Waals surface area contributed by atoms with E-state index in [1.54, 1.807) is 5.06 Å². The zero-order chi connectivity index (χ0) is 18.7. The molecule has 3 rings (SSSR count). The molecule has 1 heterocycles. The van der Waals surface area contributed by atoms with Crippen LogP contribution in [-0.4, -0.2) is 34.4 Å². The minimum absolute atomic E-state index is 0.0784. The number of hydrogen-bond acceptors (Lipinski definition) is 6. The maximum atomic E-state index is 10.3. The molecular weight excluding hydrogens is 332 g/mol. The SMILES string of the molecule is CCN1CC=C(c2c(O)cc(O)cc2Oc2ccc(NC(C)C)cc2)O1. The van der Waals surface area contributed by atoms with Crippen LogP contribution in [0.3, 0.4) is 0 Å². The molecule has 0 atom stereocenters. The van der Waals surface area contributed by atoms with Crippen LogP contribution in [0.1, 0.15) is 26.3 Å². The first-order chi connectivity index (χ1) is 12.5. The molecule has 0 fully saturated rings. The molecule has 3 N–H and O–H groups in total. The second-order valence-electron chi connectivity index (χ2n) is 6.40. The Balaban J connectivity index is 1.87. The number of nitrogens with one attached hydrogen (secondary N) is 1. The maximum Gasteiger partial charge on any atom is 0.159 e. The standard InChI is InChI=1S/C20H24N2O4/c1-4-22-10-9-18(26-22)20-17(24)11-15(23)12-19(20)25-16-7-5-14(6-8-16)21-13(2)3/h5-9,11-13,21,23-24H,4,10H2,1-3H3. The van der Waals surface area contributed by atoms with Gasteiger partial charge in [0.05, 0.1) is 6.54 Å². The number of anilines is 1. The molecule has 0 amide bonds. The van der Waals surface area contributed by atoms with Crippen molar-refractivity contribution in [2.75, 3.05) is 18.4 Å². The molecule has 6 heteroatoms. The number of phenols is 2. The fraction of sp³-hybridized carbons (Fsp3) is 0.300. The van der Waals surface area contributed by atoms with Crippen LogP contribution >= 0.6 is 0 Å². The lowest BCUT2D eigenvalue weighted by Crippen LogP contribution is -2.17. The van der Waals surface area contributed by atoms with Gasteiger partial charge < -0.3 is 25.1 Å². The summed E-state index contributed by atoms with van der Waals surface area (Å²) in [5.41, 5.74) is 1.41. The van der Waals surface area contributed by atoms with E-state index in [1.165, 1.54) is 12.1 Å². The second kappa shape index (κ2) is 7.58. The first kappa shape index (κ1) is 17.9. The van der Waals surface area contributed by atoms with Crippen LogP contribution in [0, 0.1) is 0 Å². The Morgan fingerprint density at radius 2 is 1.92 bits per heavy atom. The van der Waals surface area contributed by atoms with E-state index in [0.29, 0.717) is 35.4 Å². The zero-order valence-electron chi connectivity index (χ0n) is 15.2. The number of hydrogen-bond donors (Lipinski definition) is 3. The van der Waals surface area contributed by atoms with E-state index in [0.717, 1.165) is 12.2 Å². The van der Waals surface area contributed by atoms with Crippen molar-refractivity contribution in [3.8, 4) is 23.0 Å². The van der Waals surface area contributed by atoms with E-state index in [1.807, 2.05) is 37.3 Å². The second-order valence-corrected chi connectivity index (χ2v) is 6.40. The molecule has 1 aliphatic rings. The molecule has 0 radical (unpaired) electrons. The quantitative estimate of drug-likeness (QED) is 0.716. The van der Waals surface area contributed by atoms with Gasteiger partial charge >= 0.3 is 0 Å². The van der Waals surface area contributed by atoms with Gasteiger partial charge in [-0.1, -0.05) is 0 Å². The van der Waals surface area contributed by atoms with E-state index >= 15 is 0 Å². The topological polar surface area (TPSA) is 74.2 Å². The van der Waals surface area contributed by atoms with Crippen molar-refractivity contribution in [1.82, 2.24) is 5.06 Å². The number of ether oxygens (including phenoxy) is 1. The van der Waals surface area contributed by atoms with Crippen molar-refractivity contribution in [1.29, 1.82) is 0 Å². The van der Waals surface area contributed by atoms with Gasteiger partial charge in [0, 0.05) is 30.4 Å². The lowest BCUT2D eigenvalue weighted by atomic mass is 10.1. The minimum Gasteiger partial charge on any atom is -0.508 e. The Labute approximate surface area is 153 Å². The Kier molecular flexibility index (Phi) is 5.23. The normalized spacial score (nSPS) is 14.2. The highest BCUT2D eigenvalue weighted by Crippen LogP contribution is 2.41. The molecular formula is C20H24N2O4. The summed E-state index contributed by atoms with van der Waals surface area (Å²) >= 11 is 0. The highest BCUT2D eigenvalue weighted by molar-refractivity contribution is 5.73. The van der Waals surface area contributed by atoms with E-state index in [2.05, 4.69) is 19.2 Å². The predicted molar refractivity (Wildman–Crippen MR) is 101 cm³/mol. The van der Waals surface area contributed by atoms with E-state index in [9.17, 15) is 10.2 Å². The van der Waals surface area contributed by atoms with Crippen LogP contribution in [0.5, 0.6) is 23.0 Å². The van der Waals surface area contributed by atoms with Crippen molar-refractivity contribution in [2.24, 2.45) is 0 Å². The number of phenolic OH excluding ortho intramolecular Hbond substituents is 2. The average Bonchev–Trinajstić information content (AvgIpc) is 3.04. The summed E-state index contributed by atoms with van der Waals surface area (Å²) in [6, 6.07) is 10.6. The molecule has 1 aliphatic heterocycles. The predicted octanol–water partition coefficient (Wildman–Crippen LogP) is 4.32. The number of benzene rings is 2. The third kappa shape index (κ3) is 4.03. The molecule has 0 saturated heterocycles. The van der Waals surface area contributed by atoms with Crippen LogP contribution in [0.15, 0.2) is 42.5 Å². The van der Waals surface area contributed by atoms with Gasteiger partial charge in [-0.25, -0.2) is 0 Å². The largest absolute Gasteiger partial charge is 0.508 e. The summed E-state index contributed by atoms with van der Waals surface area (Å²) in [6.45, 7) is 7.47. The van der Waals surface area contributed by atoms with Crippen LogP contribution in [0.4, 0.5) is 5.69 Å². The number of aromatic hydroxyl groups is 2. The average molecular weight is 356 g/mol. The number of nitrogens with zero attached hydrogens (tertiary/aromatic N) is 1. The van der Waals surface area contributed by atoms with Crippen molar-refractivity contribution in [2.45, 2.75) is 26.8 Å². The van der Waals surface area contributed by atoms with Gasteiger partial charge in [-0.05, 0) is 51.1 Å². The molecule has 0 bridgehead atoms. The lowest BCUT2D eigenvalue weighted by Gasteiger charge is -2.17. The van der Waals surface area contributed by atoms with E-state index in [4.69, 9.17) is 9.57 Å². The molecule has 138 valence electrons. The zero-order valence-corrected chi connectivity index (χ0v) is 15.2. The molecule has 6 nitrogen and oxygen atoms in total. The highest BCUT2D eigenvalue weighted by atomic mass is 16.7. The van der Waals surface area contributed by atoms with Gasteiger partial charge in [0.1, 0.15) is 28.6 Å². The Bertz CT molecular complexity index is 800. The first-order valence-electron chi connectivity index (χ1n) is 8.70. The third-order valence-electron chi connectivity index (χ3n) is 3.91.